The number of thiazole rings is 1. The van der Waals surface area contributed by atoms with Gasteiger partial charge in [0, 0.05) is 17.3 Å². The first kappa shape index (κ1) is 14.7. The normalized spacial score (nSPS) is 19.5. The van der Waals surface area contributed by atoms with Gasteiger partial charge in [0.2, 0.25) is 5.91 Å². The average Bonchev–Trinajstić information content (AvgIpc) is 2.85. The van der Waals surface area contributed by atoms with Gasteiger partial charge in [-0.25, -0.2) is 4.98 Å². The number of hydrogen-bond acceptors (Lipinski definition) is 4. The maximum absolute atomic E-state index is 12.8. The molecule has 4 nitrogen and oxygen atoms in total. The Bertz CT molecular complexity index is 512. The minimum Gasteiger partial charge on any atom is -0.316 e. The maximum Gasteiger partial charge on any atom is 0.232 e. The van der Waals surface area contributed by atoms with Crippen molar-refractivity contribution in [2.75, 3.05) is 24.5 Å². The molecule has 114 valence electrons. The Morgan fingerprint density at radius 3 is 2.90 bits per heavy atom. The van der Waals surface area contributed by atoms with E-state index in [9.17, 15) is 4.79 Å². The van der Waals surface area contributed by atoms with E-state index in [-0.39, 0.29) is 11.8 Å². The predicted molar refractivity (Wildman–Crippen MR) is 86.8 cm³/mol. The first-order valence-electron chi connectivity index (χ1n) is 7.82. The van der Waals surface area contributed by atoms with Gasteiger partial charge in [-0.3, -0.25) is 9.69 Å². The number of aryl methyl sites for hydroxylation is 2. The molecule has 0 bridgehead atoms. The number of nitrogens with zero attached hydrogens (tertiary/aromatic N) is 2. The summed E-state index contributed by atoms with van der Waals surface area (Å²) in [6.45, 7) is 8.28. The number of nitrogens with one attached hydrogen (secondary N) is 1. The maximum atomic E-state index is 12.8. The first-order chi connectivity index (χ1) is 10.2. The van der Waals surface area contributed by atoms with E-state index in [0.29, 0.717) is 12.5 Å². The Balaban J connectivity index is 1.81. The minimum absolute atomic E-state index is 0.0483. The third-order valence-corrected chi connectivity index (χ3v) is 5.73. The largest absolute Gasteiger partial charge is 0.316 e. The fraction of sp³-hybridized carbons (Fsp3) is 0.625. The SMILES string of the molecule is C=CCN(C(=O)C(C)C1CNC1)c1nc2c(s1)CCCC2. The fourth-order valence-corrected chi connectivity index (χ4v) is 4.12. The quantitative estimate of drug-likeness (QED) is 0.850. The number of hydrogen-bond donors (Lipinski definition) is 1. The zero-order valence-electron chi connectivity index (χ0n) is 12.6. The van der Waals surface area contributed by atoms with Gasteiger partial charge in [0.15, 0.2) is 5.13 Å². The Hall–Kier alpha value is -1.20. The van der Waals surface area contributed by atoms with Crippen molar-refractivity contribution < 1.29 is 4.79 Å². The predicted octanol–water partition coefficient (Wildman–Crippen LogP) is 2.40. The molecule has 1 amide bonds. The highest BCUT2D eigenvalue weighted by atomic mass is 32.1. The van der Waals surface area contributed by atoms with Crippen LogP contribution in [0.1, 0.15) is 30.3 Å². The molecule has 1 saturated heterocycles. The van der Waals surface area contributed by atoms with Gasteiger partial charge in [-0.05, 0) is 44.7 Å². The summed E-state index contributed by atoms with van der Waals surface area (Å²) in [6, 6.07) is 0. The van der Waals surface area contributed by atoms with Crippen LogP contribution in [0.15, 0.2) is 12.7 Å². The van der Waals surface area contributed by atoms with Crippen molar-refractivity contribution in [2.45, 2.75) is 32.6 Å². The van der Waals surface area contributed by atoms with Crippen molar-refractivity contribution in [3.8, 4) is 0 Å². The van der Waals surface area contributed by atoms with Crippen LogP contribution in [-0.2, 0) is 17.6 Å². The molecule has 1 atom stereocenters. The third-order valence-electron chi connectivity index (χ3n) is 4.55. The minimum atomic E-state index is 0.0483. The molecule has 0 saturated carbocycles. The molecule has 21 heavy (non-hydrogen) atoms. The summed E-state index contributed by atoms with van der Waals surface area (Å²) < 4.78 is 0. The zero-order chi connectivity index (χ0) is 14.8. The zero-order valence-corrected chi connectivity index (χ0v) is 13.4. The third kappa shape index (κ3) is 2.90. The molecular formula is C16H23N3OS. The average molecular weight is 305 g/mol. The van der Waals surface area contributed by atoms with E-state index in [1.165, 1.54) is 23.4 Å². The molecule has 2 aliphatic rings. The van der Waals surface area contributed by atoms with E-state index >= 15 is 0 Å². The molecule has 0 radical (unpaired) electrons. The lowest BCUT2D eigenvalue weighted by molar-refractivity contribution is -0.123. The molecule has 1 unspecified atom stereocenters. The van der Waals surface area contributed by atoms with Gasteiger partial charge < -0.3 is 5.32 Å². The lowest BCUT2D eigenvalue weighted by Crippen LogP contribution is -2.50. The number of fused-ring (bicyclic) bond motifs is 1. The lowest BCUT2D eigenvalue weighted by Gasteiger charge is -2.34. The number of aromatic nitrogens is 1. The summed E-state index contributed by atoms with van der Waals surface area (Å²) in [7, 11) is 0. The number of rotatable bonds is 5. The Morgan fingerprint density at radius 2 is 2.29 bits per heavy atom. The van der Waals surface area contributed by atoms with Crippen molar-refractivity contribution in [3.05, 3.63) is 23.2 Å². The molecule has 1 aliphatic carbocycles. The molecule has 0 spiro atoms. The summed E-state index contributed by atoms with van der Waals surface area (Å²) in [4.78, 5) is 20.7. The van der Waals surface area contributed by atoms with Gasteiger partial charge >= 0.3 is 0 Å². The Labute approximate surface area is 130 Å². The van der Waals surface area contributed by atoms with E-state index in [4.69, 9.17) is 4.98 Å². The van der Waals surface area contributed by atoms with Crippen LogP contribution in [0, 0.1) is 11.8 Å². The molecule has 5 heteroatoms. The molecule has 1 aromatic rings. The van der Waals surface area contributed by atoms with E-state index in [2.05, 4.69) is 11.9 Å². The Kier molecular flexibility index (Phi) is 4.40. The van der Waals surface area contributed by atoms with Crippen molar-refractivity contribution in [1.82, 2.24) is 10.3 Å². The fourth-order valence-electron chi connectivity index (χ4n) is 2.96. The van der Waals surface area contributed by atoms with Crippen LogP contribution in [-0.4, -0.2) is 30.5 Å². The summed E-state index contributed by atoms with van der Waals surface area (Å²) in [5, 5.41) is 4.11. The van der Waals surface area contributed by atoms with Crippen LogP contribution in [0.25, 0.3) is 0 Å². The van der Waals surface area contributed by atoms with Crippen LogP contribution >= 0.6 is 11.3 Å². The highest BCUT2D eigenvalue weighted by Crippen LogP contribution is 2.33. The Morgan fingerprint density at radius 1 is 1.52 bits per heavy atom. The summed E-state index contributed by atoms with van der Waals surface area (Å²) in [5.41, 5.74) is 1.21. The highest BCUT2D eigenvalue weighted by molar-refractivity contribution is 7.16. The summed E-state index contributed by atoms with van der Waals surface area (Å²) >= 11 is 1.70. The van der Waals surface area contributed by atoms with Crippen molar-refractivity contribution in [1.29, 1.82) is 0 Å². The number of carbonyl (C=O) groups excluding carboxylic acids is 1. The van der Waals surface area contributed by atoms with Gasteiger partial charge in [0.25, 0.3) is 0 Å². The monoisotopic (exact) mass is 305 g/mol. The molecule has 1 N–H and O–H groups in total. The van der Waals surface area contributed by atoms with Gasteiger partial charge in [-0.15, -0.1) is 17.9 Å². The first-order valence-corrected chi connectivity index (χ1v) is 8.64. The van der Waals surface area contributed by atoms with Gasteiger partial charge in [-0.1, -0.05) is 13.0 Å². The van der Waals surface area contributed by atoms with Crippen LogP contribution in [0.5, 0.6) is 0 Å². The second-order valence-corrected chi connectivity index (χ2v) is 7.08. The molecule has 2 heterocycles. The van der Waals surface area contributed by atoms with Crippen LogP contribution in [0.4, 0.5) is 5.13 Å². The molecule has 3 rings (SSSR count). The molecule has 1 aliphatic heterocycles. The molecule has 0 aromatic carbocycles. The van der Waals surface area contributed by atoms with Crippen molar-refractivity contribution >= 4 is 22.4 Å². The number of amides is 1. The van der Waals surface area contributed by atoms with Gasteiger partial charge in [-0.2, -0.15) is 0 Å². The van der Waals surface area contributed by atoms with E-state index in [0.717, 1.165) is 31.1 Å². The lowest BCUT2D eigenvalue weighted by atomic mass is 9.88. The van der Waals surface area contributed by atoms with E-state index in [1.807, 2.05) is 11.8 Å². The van der Waals surface area contributed by atoms with Crippen LogP contribution in [0.2, 0.25) is 0 Å². The highest BCUT2D eigenvalue weighted by Gasteiger charge is 2.33. The van der Waals surface area contributed by atoms with Gasteiger partial charge in [0.05, 0.1) is 5.69 Å². The summed E-state index contributed by atoms with van der Waals surface area (Å²) in [6.07, 6.45) is 6.43. The van der Waals surface area contributed by atoms with Crippen molar-refractivity contribution in [2.24, 2.45) is 11.8 Å². The number of carbonyl (C=O) groups is 1. The van der Waals surface area contributed by atoms with Gasteiger partial charge in [0.1, 0.15) is 0 Å². The van der Waals surface area contributed by atoms with Crippen molar-refractivity contribution in [3.63, 3.8) is 0 Å². The standard InChI is InChI=1S/C16H23N3OS/c1-3-8-19(15(20)11(2)12-9-17-10-12)16-18-13-6-4-5-7-14(13)21-16/h3,11-12,17H,1,4-10H2,2H3. The molecule has 1 fully saturated rings. The molecular weight excluding hydrogens is 282 g/mol. The van der Waals surface area contributed by atoms with Crippen LogP contribution < -0.4 is 10.2 Å². The second-order valence-electron chi connectivity index (χ2n) is 6.02. The molecule has 1 aromatic heterocycles. The topological polar surface area (TPSA) is 45.2 Å². The second kappa shape index (κ2) is 6.28. The number of anilines is 1. The van der Waals surface area contributed by atoms with Crippen LogP contribution in [0.3, 0.4) is 0 Å². The van der Waals surface area contributed by atoms with E-state index < -0.39 is 0 Å². The smallest absolute Gasteiger partial charge is 0.232 e. The van der Waals surface area contributed by atoms with E-state index in [1.54, 1.807) is 17.4 Å². The summed E-state index contributed by atoms with van der Waals surface area (Å²) in [5.74, 6) is 0.694.